The summed E-state index contributed by atoms with van der Waals surface area (Å²) in [7, 11) is 0. The molecule has 1 aromatic rings. The van der Waals surface area contributed by atoms with Gasteiger partial charge in [-0.1, -0.05) is 18.2 Å². The van der Waals surface area contributed by atoms with Gasteiger partial charge < -0.3 is 10.6 Å². The molecule has 0 amide bonds. The lowest BCUT2D eigenvalue weighted by Crippen LogP contribution is -2.45. The topological polar surface area (TPSA) is 24.1 Å². The highest BCUT2D eigenvalue weighted by atomic mass is 15.0. The number of hydrogen-bond donors (Lipinski definition) is 2. The summed E-state index contributed by atoms with van der Waals surface area (Å²) in [6.45, 7) is 5.57. The number of rotatable bonds is 3. The number of hydrogen-bond acceptors (Lipinski definition) is 2. The van der Waals surface area contributed by atoms with Gasteiger partial charge in [0, 0.05) is 31.2 Å². The van der Waals surface area contributed by atoms with Gasteiger partial charge in [-0.15, -0.1) is 0 Å². The quantitative estimate of drug-likeness (QED) is 0.731. The summed E-state index contributed by atoms with van der Waals surface area (Å²) in [5.74, 6) is 0.819. The Bertz CT molecular complexity index is 279. The first-order valence-corrected chi connectivity index (χ1v) is 4.86. The van der Waals surface area contributed by atoms with Crippen LogP contribution in [0.5, 0.6) is 0 Å². The highest BCUT2D eigenvalue weighted by Crippen LogP contribution is 2.14. The van der Waals surface area contributed by atoms with E-state index in [1.165, 1.54) is 24.3 Å². The monoisotopic (exact) mass is 176 g/mol. The number of nitrogens with one attached hydrogen (secondary N) is 2. The first-order chi connectivity index (χ1) is 6.36. The van der Waals surface area contributed by atoms with E-state index in [9.17, 15) is 0 Å². The zero-order valence-corrected chi connectivity index (χ0v) is 8.01. The molecule has 0 aromatic heterocycles. The summed E-state index contributed by atoms with van der Waals surface area (Å²) in [4.78, 5) is 0. The van der Waals surface area contributed by atoms with E-state index in [1.807, 2.05) is 0 Å². The van der Waals surface area contributed by atoms with Crippen LogP contribution in [0.3, 0.4) is 0 Å². The van der Waals surface area contributed by atoms with Crippen LogP contribution in [-0.2, 0) is 0 Å². The minimum atomic E-state index is 0.819. The van der Waals surface area contributed by atoms with Crippen LogP contribution < -0.4 is 10.6 Å². The molecule has 2 rings (SSSR count). The molecule has 1 fully saturated rings. The lowest BCUT2D eigenvalue weighted by Gasteiger charge is -2.27. The molecule has 0 atom stereocenters. The second-order valence-electron chi connectivity index (χ2n) is 3.72. The Morgan fingerprint density at radius 2 is 2.15 bits per heavy atom. The van der Waals surface area contributed by atoms with E-state index < -0.39 is 0 Å². The normalized spacial score (nSPS) is 16.7. The summed E-state index contributed by atoms with van der Waals surface area (Å²) in [6.07, 6.45) is 0. The van der Waals surface area contributed by atoms with E-state index in [-0.39, 0.29) is 0 Å². The maximum atomic E-state index is 3.47. The minimum absolute atomic E-state index is 0.819. The van der Waals surface area contributed by atoms with Crippen LogP contribution in [0.1, 0.15) is 5.56 Å². The van der Waals surface area contributed by atoms with Crippen molar-refractivity contribution in [3.05, 3.63) is 29.8 Å². The van der Waals surface area contributed by atoms with Gasteiger partial charge in [0.1, 0.15) is 0 Å². The van der Waals surface area contributed by atoms with Gasteiger partial charge >= 0.3 is 0 Å². The summed E-state index contributed by atoms with van der Waals surface area (Å²) in [6, 6.07) is 8.43. The van der Waals surface area contributed by atoms with Gasteiger partial charge in [0.15, 0.2) is 0 Å². The van der Waals surface area contributed by atoms with Crippen LogP contribution in [0.25, 0.3) is 0 Å². The molecule has 0 radical (unpaired) electrons. The Balaban J connectivity index is 1.89. The molecule has 0 unspecified atom stereocenters. The van der Waals surface area contributed by atoms with Gasteiger partial charge in [-0.05, 0) is 18.6 Å². The maximum Gasteiger partial charge on any atom is 0.0369 e. The van der Waals surface area contributed by atoms with Crippen molar-refractivity contribution in [2.24, 2.45) is 5.92 Å². The van der Waals surface area contributed by atoms with Crippen molar-refractivity contribution in [1.82, 2.24) is 5.32 Å². The van der Waals surface area contributed by atoms with Crippen molar-refractivity contribution in [2.75, 3.05) is 25.0 Å². The molecule has 0 saturated carbocycles. The van der Waals surface area contributed by atoms with Gasteiger partial charge in [-0.3, -0.25) is 0 Å². The van der Waals surface area contributed by atoms with Crippen LogP contribution >= 0.6 is 0 Å². The Hall–Kier alpha value is -1.02. The largest absolute Gasteiger partial charge is 0.384 e. The molecule has 1 aliphatic heterocycles. The lowest BCUT2D eigenvalue weighted by atomic mass is 10.0. The summed E-state index contributed by atoms with van der Waals surface area (Å²) >= 11 is 0. The van der Waals surface area contributed by atoms with E-state index in [0.29, 0.717) is 0 Å². The molecule has 1 aromatic carbocycles. The third kappa shape index (κ3) is 2.01. The highest BCUT2D eigenvalue weighted by molar-refractivity contribution is 5.50. The Labute approximate surface area is 79.4 Å². The molecule has 2 heteroatoms. The number of benzene rings is 1. The van der Waals surface area contributed by atoms with Crippen molar-refractivity contribution in [3.63, 3.8) is 0 Å². The highest BCUT2D eigenvalue weighted by Gasteiger charge is 2.15. The number of aryl methyl sites for hydroxylation is 1. The van der Waals surface area contributed by atoms with Gasteiger partial charge in [-0.25, -0.2) is 0 Å². The van der Waals surface area contributed by atoms with Crippen molar-refractivity contribution in [2.45, 2.75) is 6.92 Å². The van der Waals surface area contributed by atoms with E-state index in [2.05, 4.69) is 41.8 Å². The van der Waals surface area contributed by atoms with Crippen LogP contribution in [0.4, 0.5) is 5.69 Å². The van der Waals surface area contributed by atoms with Gasteiger partial charge in [0.05, 0.1) is 0 Å². The second kappa shape index (κ2) is 3.79. The molecule has 0 aliphatic carbocycles. The van der Waals surface area contributed by atoms with Gasteiger partial charge in [0.2, 0.25) is 0 Å². The van der Waals surface area contributed by atoms with Crippen LogP contribution in [0.2, 0.25) is 0 Å². The predicted molar refractivity (Wildman–Crippen MR) is 56.0 cm³/mol. The molecule has 13 heavy (non-hydrogen) atoms. The third-order valence-electron chi connectivity index (χ3n) is 2.59. The maximum absolute atomic E-state index is 3.47. The summed E-state index contributed by atoms with van der Waals surface area (Å²) < 4.78 is 0. The molecule has 1 heterocycles. The van der Waals surface area contributed by atoms with Crippen molar-refractivity contribution < 1.29 is 0 Å². The minimum Gasteiger partial charge on any atom is -0.384 e. The summed E-state index contributed by atoms with van der Waals surface area (Å²) in [5.41, 5.74) is 2.60. The fourth-order valence-electron chi connectivity index (χ4n) is 1.52. The second-order valence-corrected chi connectivity index (χ2v) is 3.72. The third-order valence-corrected chi connectivity index (χ3v) is 2.59. The number of para-hydroxylation sites is 1. The van der Waals surface area contributed by atoms with Crippen molar-refractivity contribution in [3.8, 4) is 0 Å². The van der Waals surface area contributed by atoms with E-state index in [4.69, 9.17) is 0 Å². The average Bonchev–Trinajstić information content (AvgIpc) is 2.05. The van der Waals surface area contributed by atoms with Crippen molar-refractivity contribution >= 4 is 5.69 Å². The van der Waals surface area contributed by atoms with Gasteiger partial charge in [0.25, 0.3) is 0 Å². The lowest BCUT2D eigenvalue weighted by molar-refractivity contribution is 0.365. The summed E-state index contributed by atoms with van der Waals surface area (Å²) in [5, 5.41) is 6.75. The molecule has 70 valence electrons. The fraction of sp³-hybridized carbons (Fsp3) is 0.455. The first-order valence-electron chi connectivity index (χ1n) is 4.86. The molecule has 0 bridgehead atoms. The Morgan fingerprint density at radius 1 is 1.38 bits per heavy atom. The predicted octanol–water partition coefficient (Wildman–Crippen LogP) is 1.63. The molecule has 0 spiro atoms. The zero-order chi connectivity index (χ0) is 9.10. The van der Waals surface area contributed by atoms with Crippen LogP contribution in [0.15, 0.2) is 24.3 Å². The van der Waals surface area contributed by atoms with Gasteiger partial charge in [-0.2, -0.15) is 0 Å². The standard InChI is InChI=1S/C11H16N2/c1-9-4-2-3-5-11(9)13-8-10-6-12-7-10/h2-5,10,12-13H,6-8H2,1H3. The molecular weight excluding hydrogens is 160 g/mol. The molecule has 1 aliphatic rings. The van der Waals surface area contributed by atoms with E-state index in [1.54, 1.807) is 0 Å². The molecule has 2 nitrogen and oxygen atoms in total. The molecule has 1 saturated heterocycles. The smallest absolute Gasteiger partial charge is 0.0369 e. The van der Waals surface area contributed by atoms with Crippen LogP contribution in [0, 0.1) is 12.8 Å². The van der Waals surface area contributed by atoms with E-state index in [0.717, 1.165) is 12.5 Å². The molecule has 2 N–H and O–H groups in total. The van der Waals surface area contributed by atoms with Crippen LogP contribution in [-0.4, -0.2) is 19.6 Å². The Morgan fingerprint density at radius 3 is 2.77 bits per heavy atom. The zero-order valence-electron chi connectivity index (χ0n) is 8.01. The molecular formula is C11H16N2. The fourth-order valence-corrected chi connectivity index (χ4v) is 1.52. The number of anilines is 1. The Kier molecular flexibility index (Phi) is 2.50. The first kappa shape index (κ1) is 8.57. The average molecular weight is 176 g/mol. The van der Waals surface area contributed by atoms with E-state index >= 15 is 0 Å². The van der Waals surface area contributed by atoms with Crippen molar-refractivity contribution in [1.29, 1.82) is 0 Å². The SMILES string of the molecule is Cc1ccccc1NCC1CNC1.